The molecule has 2 N–H and O–H groups in total. The standard InChI is InChI=1S/C14H14O4S/c15-9-8-11-2-1-3-13(10-11)12-4-6-14(7-5-12)19(16,17)18/h1-7,10,15H,8-9H2,(H,16,17,18). The highest BCUT2D eigenvalue weighted by molar-refractivity contribution is 7.85. The van der Waals surface area contributed by atoms with Crippen LogP contribution in [0.5, 0.6) is 0 Å². The summed E-state index contributed by atoms with van der Waals surface area (Å²) in [6.07, 6.45) is 0.580. The van der Waals surface area contributed by atoms with Crippen LogP contribution in [-0.2, 0) is 16.5 Å². The van der Waals surface area contributed by atoms with Gasteiger partial charge in [0.05, 0.1) is 4.90 Å². The van der Waals surface area contributed by atoms with Gasteiger partial charge in [-0.3, -0.25) is 4.55 Å². The highest BCUT2D eigenvalue weighted by Crippen LogP contribution is 2.22. The Hall–Kier alpha value is -1.69. The molecule has 0 fully saturated rings. The summed E-state index contributed by atoms with van der Waals surface area (Å²) >= 11 is 0. The van der Waals surface area contributed by atoms with Crippen molar-refractivity contribution in [2.24, 2.45) is 0 Å². The zero-order valence-corrected chi connectivity index (χ0v) is 11.0. The second-order valence-electron chi connectivity index (χ2n) is 4.17. The minimum Gasteiger partial charge on any atom is -0.396 e. The number of benzene rings is 2. The quantitative estimate of drug-likeness (QED) is 0.840. The first-order chi connectivity index (χ1) is 9.00. The molecule has 0 spiro atoms. The van der Waals surface area contributed by atoms with Gasteiger partial charge in [0, 0.05) is 6.61 Å². The molecule has 0 aliphatic heterocycles. The zero-order valence-electron chi connectivity index (χ0n) is 10.2. The molecule has 100 valence electrons. The highest BCUT2D eigenvalue weighted by atomic mass is 32.2. The summed E-state index contributed by atoms with van der Waals surface area (Å²) in [4.78, 5) is -0.122. The van der Waals surface area contributed by atoms with Crippen LogP contribution in [0.3, 0.4) is 0 Å². The van der Waals surface area contributed by atoms with Crippen molar-refractivity contribution in [3.05, 3.63) is 54.1 Å². The molecule has 0 aromatic heterocycles. The van der Waals surface area contributed by atoms with E-state index in [4.69, 9.17) is 9.66 Å². The molecule has 0 aliphatic carbocycles. The Labute approximate surface area is 112 Å². The summed E-state index contributed by atoms with van der Waals surface area (Å²) in [5, 5.41) is 8.91. The van der Waals surface area contributed by atoms with Crippen LogP contribution in [-0.4, -0.2) is 24.7 Å². The Morgan fingerprint density at radius 3 is 2.21 bits per heavy atom. The average molecular weight is 278 g/mol. The molecule has 2 rings (SSSR count). The summed E-state index contributed by atoms with van der Waals surface area (Å²) in [6, 6.07) is 13.7. The molecule has 0 unspecified atom stereocenters. The van der Waals surface area contributed by atoms with E-state index in [1.807, 2.05) is 24.3 Å². The van der Waals surface area contributed by atoms with Gasteiger partial charge in [-0.1, -0.05) is 36.4 Å². The van der Waals surface area contributed by atoms with E-state index in [2.05, 4.69) is 0 Å². The SMILES string of the molecule is O=S(=O)(O)c1ccc(-c2cccc(CCO)c2)cc1. The van der Waals surface area contributed by atoms with Crippen LogP contribution < -0.4 is 0 Å². The molecular formula is C14H14O4S. The van der Waals surface area contributed by atoms with Crippen LogP contribution in [0.2, 0.25) is 0 Å². The van der Waals surface area contributed by atoms with Crippen molar-refractivity contribution in [2.75, 3.05) is 6.61 Å². The van der Waals surface area contributed by atoms with E-state index in [1.54, 1.807) is 12.1 Å². The molecule has 4 nitrogen and oxygen atoms in total. The topological polar surface area (TPSA) is 74.6 Å². The summed E-state index contributed by atoms with van der Waals surface area (Å²) in [5.41, 5.74) is 2.80. The molecule has 0 saturated carbocycles. The van der Waals surface area contributed by atoms with Gasteiger partial charge >= 0.3 is 0 Å². The van der Waals surface area contributed by atoms with Crippen molar-refractivity contribution >= 4 is 10.1 Å². The van der Waals surface area contributed by atoms with Crippen LogP contribution in [0, 0.1) is 0 Å². The zero-order chi connectivity index (χ0) is 13.9. The van der Waals surface area contributed by atoms with Gasteiger partial charge in [0.25, 0.3) is 10.1 Å². The third-order valence-electron chi connectivity index (χ3n) is 2.81. The number of aliphatic hydroxyl groups is 1. The maximum atomic E-state index is 10.9. The monoisotopic (exact) mass is 278 g/mol. The Kier molecular flexibility index (Phi) is 3.99. The lowest BCUT2D eigenvalue weighted by Crippen LogP contribution is -1.97. The fourth-order valence-corrected chi connectivity index (χ4v) is 2.33. The van der Waals surface area contributed by atoms with Crippen LogP contribution in [0.4, 0.5) is 0 Å². The predicted molar refractivity (Wildman–Crippen MR) is 72.5 cm³/mol. The van der Waals surface area contributed by atoms with Gasteiger partial charge in [0.2, 0.25) is 0 Å². The molecule has 0 amide bonds. The Bertz CT molecular complexity index is 660. The first-order valence-electron chi connectivity index (χ1n) is 5.78. The van der Waals surface area contributed by atoms with Crippen molar-refractivity contribution in [3.63, 3.8) is 0 Å². The molecule has 19 heavy (non-hydrogen) atoms. The average Bonchev–Trinajstić information content (AvgIpc) is 2.39. The summed E-state index contributed by atoms with van der Waals surface area (Å²) in [5.74, 6) is 0. The fourth-order valence-electron chi connectivity index (χ4n) is 1.85. The predicted octanol–water partition coefficient (Wildman–Crippen LogP) is 2.14. The smallest absolute Gasteiger partial charge is 0.294 e. The normalized spacial score (nSPS) is 11.5. The fraction of sp³-hybridized carbons (Fsp3) is 0.143. The summed E-state index contributed by atoms with van der Waals surface area (Å²) in [6.45, 7) is 0.0884. The molecule has 0 bridgehead atoms. The van der Waals surface area contributed by atoms with Crippen LogP contribution in [0.15, 0.2) is 53.4 Å². The lowest BCUT2D eigenvalue weighted by Gasteiger charge is -2.05. The molecule has 5 heteroatoms. The summed E-state index contributed by atoms with van der Waals surface area (Å²) < 4.78 is 30.8. The van der Waals surface area contributed by atoms with Crippen LogP contribution >= 0.6 is 0 Å². The Balaban J connectivity index is 2.34. The van der Waals surface area contributed by atoms with Gasteiger partial charge in [-0.15, -0.1) is 0 Å². The van der Waals surface area contributed by atoms with Crippen molar-refractivity contribution in [2.45, 2.75) is 11.3 Å². The first kappa shape index (κ1) is 13.7. The second kappa shape index (κ2) is 5.52. The number of rotatable bonds is 4. The molecule has 0 atom stereocenters. The highest BCUT2D eigenvalue weighted by Gasteiger charge is 2.09. The molecular weight excluding hydrogens is 264 g/mol. The van der Waals surface area contributed by atoms with Crippen LogP contribution in [0.1, 0.15) is 5.56 Å². The van der Waals surface area contributed by atoms with E-state index in [0.717, 1.165) is 16.7 Å². The lowest BCUT2D eigenvalue weighted by atomic mass is 10.0. The van der Waals surface area contributed by atoms with E-state index < -0.39 is 10.1 Å². The minimum absolute atomic E-state index is 0.0884. The van der Waals surface area contributed by atoms with Gasteiger partial charge < -0.3 is 5.11 Å². The number of aliphatic hydroxyl groups excluding tert-OH is 1. The number of hydrogen-bond donors (Lipinski definition) is 2. The maximum Gasteiger partial charge on any atom is 0.294 e. The molecule has 2 aromatic rings. The first-order valence-corrected chi connectivity index (χ1v) is 7.22. The molecule has 0 radical (unpaired) electrons. The minimum atomic E-state index is -4.15. The number of hydrogen-bond acceptors (Lipinski definition) is 3. The van der Waals surface area contributed by atoms with Crippen molar-refractivity contribution in [1.29, 1.82) is 0 Å². The van der Waals surface area contributed by atoms with Gasteiger partial charge in [0.15, 0.2) is 0 Å². The largest absolute Gasteiger partial charge is 0.396 e. The maximum absolute atomic E-state index is 10.9. The molecule has 0 aliphatic rings. The van der Waals surface area contributed by atoms with E-state index in [9.17, 15) is 8.42 Å². The molecule has 0 saturated heterocycles. The van der Waals surface area contributed by atoms with Gasteiger partial charge in [-0.2, -0.15) is 8.42 Å². The molecule has 0 heterocycles. The van der Waals surface area contributed by atoms with Crippen molar-refractivity contribution in [3.8, 4) is 11.1 Å². The third kappa shape index (κ3) is 3.41. The molecule has 2 aromatic carbocycles. The van der Waals surface area contributed by atoms with E-state index in [1.165, 1.54) is 12.1 Å². The van der Waals surface area contributed by atoms with Crippen LogP contribution in [0.25, 0.3) is 11.1 Å². The second-order valence-corrected chi connectivity index (χ2v) is 5.59. The van der Waals surface area contributed by atoms with Crippen molar-refractivity contribution < 1.29 is 18.1 Å². The van der Waals surface area contributed by atoms with Gasteiger partial charge in [-0.25, -0.2) is 0 Å². The Morgan fingerprint density at radius 1 is 0.947 bits per heavy atom. The summed E-state index contributed by atoms with van der Waals surface area (Å²) in [7, 11) is -4.15. The third-order valence-corrected chi connectivity index (χ3v) is 3.68. The van der Waals surface area contributed by atoms with E-state index >= 15 is 0 Å². The van der Waals surface area contributed by atoms with Crippen molar-refractivity contribution in [1.82, 2.24) is 0 Å². The van der Waals surface area contributed by atoms with Gasteiger partial charge in [-0.05, 0) is 35.2 Å². The lowest BCUT2D eigenvalue weighted by molar-refractivity contribution is 0.299. The van der Waals surface area contributed by atoms with Gasteiger partial charge in [0.1, 0.15) is 0 Å². The van der Waals surface area contributed by atoms with E-state index in [0.29, 0.717) is 6.42 Å². The van der Waals surface area contributed by atoms with E-state index in [-0.39, 0.29) is 11.5 Å². The Morgan fingerprint density at radius 2 is 1.63 bits per heavy atom.